The average molecular weight is 267 g/mol. The maximum absolute atomic E-state index is 9.56. The summed E-state index contributed by atoms with van der Waals surface area (Å²) in [6.07, 6.45) is 2.24. The highest BCUT2D eigenvalue weighted by atomic mass is 35.5. The van der Waals surface area contributed by atoms with Crippen molar-refractivity contribution in [2.24, 2.45) is 5.92 Å². The van der Waals surface area contributed by atoms with E-state index in [1.165, 1.54) is 0 Å². The molecule has 0 aliphatic heterocycles. The number of nitrogens with one attached hydrogen (secondary N) is 1. The third-order valence-electron chi connectivity index (χ3n) is 3.66. The lowest BCUT2D eigenvalue weighted by atomic mass is 9.95. The molecular weight excluding hydrogens is 248 g/mol. The van der Waals surface area contributed by atoms with E-state index in [0.29, 0.717) is 17.5 Å². The second-order valence-corrected chi connectivity index (χ2v) is 5.41. The number of nitrogens with zero attached hydrogens (tertiary/aromatic N) is 3. The van der Waals surface area contributed by atoms with E-state index in [4.69, 9.17) is 11.6 Å². The molecule has 0 saturated heterocycles. The molecule has 1 N–H and O–H groups in total. The minimum absolute atomic E-state index is 0.435. The summed E-state index contributed by atoms with van der Waals surface area (Å²) in [5, 5.41) is 18.0. The van der Waals surface area contributed by atoms with Gasteiger partial charge in [-0.25, -0.2) is 0 Å². The fourth-order valence-corrected chi connectivity index (χ4v) is 2.59. The van der Waals surface area contributed by atoms with E-state index in [1.54, 1.807) is 0 Å². The highest BCUT2D eigenvalue weighted by molar-refractivity contribution is 6.31. The summed E-state index contributed by atoms with van der Waals surface area (Å²) < 4.78 is 1.86. The van der Waals surface area contributed by atoms with Gasteiger partial charge >= 0.3 is 0 Å². The highest BCUT2D eigenvalue weighted by Crippen LogP contribution is 2.40. The minimum atomic E-state index is -0.499. The molecule has 1 unspecified atom stereocenters. The summed E-state index contributed by atoms with van der Waals surface area (Å²) in [4.78, 5) is 0. The zero-order valence-electron chi connectivity index (χ0n) is 11.1. The third-order valence-corrected chi connectivity index (χ3v) is 4.21. The highest BCUT2D eigenvalue weighted by Gasteiger charge is 2.46. The van der Waals surface area contributed by atoms with E-state index < -0.39 is 5.54 Å². The number of hydrogen-bond donors (Lipinski definition) is 1. The van der Waals surface area contributed by atoms with Gasteiger partial charge in [0.1, 0.15) is 5.54 Å². The summed E-state index contributed by atoms with van der Waals surface area (Å²) in [7, 11) is 0. The molecule has 1 aliphatic rings. The number of hydrogen-bond acceptors (Lipinski definition) is 3. The Morgan fingerprint density at radius 3 is 2.61 bits per heavy atom. The number of halogens is 1. The lowest BCUT2D eigenvalue weighted by Crippen LogP contribution is -2.49. The first-order valence-electron chi connectivity index (χ1n) is 6.40. The third kappa shape index (κ3) is 2.25. The Balaban J connectivity index is 2.28. The van der Waals surface area contributed by atoms with Gasteiger partial charge in [0.25, 0.3) is 0 Å². The number of aryl methyl sites for hydroxylation is 1. The maximum Gasteiger partial charge on any atom is 0.129 e. The first kappa shape index (κ1) is 13.4. The summed E-state index contributed by atoms with van der Waals surface area (Å²) in [5.41, 5.74) is 1.27. The van der Waals surface area contributed by atoms with Gasteiger partial charge < -0.3 is 0 Å². The molecule has 0 aromatic carbocycles. The lowest BCUT2D eigenvalue weighted by Gasteiger charge is -2.28. The van der Waals surface area contributed by atoms with Crippen LogP contribution in [0.15, 0.2) is 0 Å². The molecule has 2 rings (SSSR count). The second kappa shape index (κ2) is 4.91. The van der Waals surface area contributed by atoms with E-state index in [2.05, 4.69) is 16.5 Å². The molecule has 1 aromatic heterocycles. The van der Waals surface area contributed by atoms with Crippen molar-refractivity contribution >= 4 is 11.6 Å². The molecule has 0 radical (unpaired) electrons. The Morgan fingerprint density at radius 1 is 1.56 bits per heavy atom. The van der Waals surface area contributed by atoms with E-state index >= 15 is 0 Å². The van der Waals surface area contributed by atoms with Crippen molar-refractivity contribution in [2.45, 2.75) is 45.7 Å². The fraction of sp³-hybridized carbons (Fsp3) is 0.692. The minimum Gasteiger partial charge on any atom is -0.298 e. The van der Waals surface area contributed by atoms with Gasteiger partial charge in [-0.05, 0) is 39.2 Å². The van der Waals surface area contributed by atoms with Crippen LogP contribution in [-0.2, 0) is 6.54 Å². The molecule has 1 fully saturated rings. The van der Waals surface area contributed by atoms with Gasteiger partial charge in [0.05, 0.1) is 29.0 Å². The van der Waals surface area contributed by atoms with Crippen molar-refractivity contribution in [3.05, 3.63) is 16.4 Å². The van der Waals surface area contributed by atoms with Gasteiger partial charge in [-0.1, -0.05) is 18.5 Å². The second-order valence-electron chi connectivity index (χ2n) is 5.03. The van der Waals surface area contributed by atoms with Crippen LogP contribution in [0.1, 0.15) is 31.2 Å². The molecular formula is C13H19ClN4. The van der Waals surface area contributed by atoms with Crippen molar-refractivity contribution in [1.29, 1.82) is 5.26 Å². The SMILES string of the molecule is CCNC(C#N)(Cn1nc(C)c(Cl)c1C)C1CC1. The summed E-state index contributed by atoms with van der Waals surface area (Å²) in [6.45, 7) is 7.23. The molecule has 18 heavy (non-hydrogen) atoms. The topological polar surface area (TPSA) is 53.6 Å². The van der Waals surface area contributed by atoms with Gasteiger partial charge in [0.2, 0.25) is 0 Å². The number of aromatic nitrogens is 2. The van der Waals surface area contributed by atoms with E-state index in [-0.39, 0.29) is 0 Å². The first-order chi connectivity index (χ1) is 8.54. The maximum atomic E-state index is 9.56. The van der Waals surface area contributed by atoms with E-state index in [1.807, 2.05) is 25.5 Å². The monoisotopic (exact) mass is 266 g/mol. The molecule has 0 bridgehead atoms. The molecule has 1 atom stereocenters. The standard InChI is InChI=1S/C13H19ClN4/c1-4-16-13(7-15,11-5-6-11)8-18-10(3)12(14)9(2)17-18/h11,16H,4-6,8H2,1-3H3. The van der Waals surface area contributed by atoms with Gasteiger partial charge in [-0.15, -0.1) is 0 Å². The number of rotatable bonds is 5. The van der Waals surface area contributed by atoms with Gasteiger partial charge in [-0.3, -0.25) is 10.00 Å². The van der Waals surface area contributed by atoms with E-state index in [0.717, 1.165) is 30.8 Å². The Morgan fingerprint density at radius 2 is 2.22 bits per heavy atom. The van der Waals surface area contributed by atoms with Crippen LogP contribution in [0.25, 0.3) is 0 Å². The Bertz CT molecular complexity index is 484. The molecule has 1 saturated carbocycles. The number of nitriles is 1. The quantitative estimate of drug-likeness (QED) is 0.891. The average Bonchev–Trinajstić information content (AvgIpc) is 3.16. The van der Waals surface area contributed by atoms with Crippen LogP contribution in [0.2, 0.25) is 5.02 Å². The molecule has 1 aliphatic carbocycles. The van der Waals surface area contributed by atoms with Crippen LogP contribution >= 0.6 is 11.6 Å². The van der Waals surface area contributed by atoms with Crippen LogP contribution in [0.3, 0.4) is 0 Å². The van der Waals surface area contributed by atoms with Crippen LogP contribution in [-0.4, -0.2) is 21.9 Å². The van der Waals surface area contributed by atoms with Crippen molar-refractivity contribution in [3.8, 4) is 6.07 Å². The van der Waals surface area contributed by atoms with Crippen LogP contribution in [0.5, 0.6) is 0 Å². The summed E-state index contributed by atoms with van der Waals surface area (Å²) in [6, 6.07) is 2.47. The largest absolute Gasteiger partial charge is 0.298 e. The smallest absolute Gasteiger partial charge is 0.129 e. The molecule has 0 spiro atoms. The molecule has 0 amide bonds. The predicted octanol–water partition coefficient (Wildman–Crippen LogP) is 2.44. The van der Waals surface area contributed by atoms with Gasteiger partial charge in [0, 0.05) is 0 Å². The summed E-state index contributed by atoms with van der Waals surface area (Å²) in [5.74, 6) is 0.435. The fourth-order valence-electron chi connectivity index (χ4n) is 2.45. The van der Waals surface area contributed by atoms with Crippen LogP contribution in [0.4, 0.5) is 0 Å². The van der Waals surface area contributed by atoms with Gasteiger partial charge in [0.15, 0.2) is 0 Å². The molecule has 98 valence electrons. The van der Waals surface area contributed by atoms with Crippen molar-refractivity contribution in [1.82, 2.24) is 15.1 Å². The Labute approximate surface area is 113 Å². The first-order valence-corrected chi connectivity index (χ1v) is 6.77. The number of likely N-dealkylation sites (N-methyl/N-ethyl adjacent to an activating group) is 1. The Kier molecular flexibility index (Phi) is 3.65. The van der Waals surface area contributed by atoms with Crippen LogP contribution < -0.4 is 5.32 Å². The van der Waals surface area contributed by atoms with Crippen LogP contribution in [0, 0.1) is 31.1 Å². The molecule has 5 heteroatoms. The normalized spacial score (nSPS) is 18.4. The van der Waals surface area contributed by atoms with Crippen molar-refractivity contribution < 1.29 is 0 Å². The summed E-state index contributed by atoms with van der Waals surface area (Å²) >= 11 is 6.16. The van der Waals surface area contributed by atoms with Gasteiger partial charge in [-0.2, -0.15) is 10.4 Å². The van der Waals surface area contributed by atoms with Crippen molar-refractivity contribution in [2.75, 3.05) is 6.54 Å². The lowest BCUT2D eigenvalue weighted by molar-refractivity contribution is 0.308. The zero-order chi connectivity index (χ0) is 13.3. The Hall–Kier alpha value is -1.05. The predicted molar refractivity (Wildman–Crippen MR) is 71.5 cm³/mol. The van der Waals surface area contributed by atoms with E-state index in [9.17, 15) is 5.26 Å². The van der Waals surface area contributed by atoms with Crippen molar-refractivity contribution in [3.63, 3.8) is 0 Å². The zero-order valence-corrected chi connectivity index (χ0v) is 11.9. The molecule has 1 aromatic rings. The molecule has 1 heterocycles. The molecule has 4 nitrogen and oxygen atoms in total.